The van der Waals surface area contributed by atoms with Crippen molar-refractivity contribution in [1.29, 1.82) is 0 Å². The summed E-state index contributed by atoms with van der Waals surface area (Å²) in [6, 6.07) is 13.6. The Morgan fingerprint density at radius 2 is 1.96 bits per heavy atom. The lowest BCUT2D eigenvalue weighted by Gasteiger charge is -2.24. The lowest BCUT2D eigenvalue weighted by atomic mass is 10.1. The van der Waals surface area contributed by atoms with Crippen molar-refractivity contribution in [1.82, 2.24) is 0 Å². The van der Waals surface area contributed by atoms with Crippen LogP contribution in [0.1, 0.15) is 19.3 Å². The molecule has 1 heterocycles. The Hall–Kier alpha value is -2.25. The van der Waals surface area contributed by atoms with Crippen molar-refractivity contribution in [2.45, 2.75) is 30.3 Å². The molecule has 1 aliphatic heterocycles. The maximum absolute atomic E-state index is 12.7. The predicted molar refractivity (Wildman–Crippen MR) is 105 cm³/mol. The molecule has 0 amide bonds. The molecule has 2 aromatic carbocycles. The van der Waals surface area contributed by atoms with Gasteiger partial charge < -0.3 is 15.8 Å². The first kappa shape index (κ1) is 18.5. The van der Waals surface area contributed by atoms with Crippen molar-refractivity contribution in [3.8, 4) is 0 Å². The van der Waals surface area contributed by atoms with E-state index in [4.69, 9.17) is 10.5 Å². The zero-order chi connectivity index (χ0) is 18.6. The number of ether oxygens (including phenoxy) is 1. The summed E-state index contributed by atoms with van der Waals surface area (Å²) in [5, 5.41) is 3.30. The Labute approximate surface area is 155 Å². The van der Waals surface area contributed by atoms with Gasteiger partial charge in [-0.3, -0.25) is 4.31 Å². The summed E-state index contributed by atoms with van der Waals surface area (Å²) in [7, 11) is -2.09. The third-order valence-corrected chi connectivity index (χ3v) is 6.39. The molecule has 1 aliphatic rings. The second kappa shape index (κ2) is 7.97. The highest BCUT2D eigenvalue weighted by atomic mass is 32.2. The van der Waals surface area contributed by atoms with Crippen LogP contribution in [0.25, 0.3) is 0 Å². The molecule has 0 aromatic heterocycles. The molecular formula is C19H25N3O3S. The first-order valence-corrected chi connectivity index (χ1v) is 10.2. The second-order valence-electron chi connectivity index (χ2n) is 6.43. The Balaban J connectivity index is 1.72. The van der Waals surface area contributed by atoms with Gasteiger partial charge in [-0.05, 0) is 49.6 Å². The van der Waals surface area contributed by atoms with Gasteiger partial charge in [0.15, 0.2) is 0 Å². The molecule has 0 spiro atoms. The molecule has 140 valence electrons. The first-order valence-electron chi connectivity index (χ1n) is 8.77. The summed E-state index contributed by atoms with van der Waals surface area (Å²) in [6.07, 6.45) is 3.55. The zero-order valence-corrected chi connectivity index (χ0v) is 15.7. The van der Waals surface area contributed by atoms with Gasteiger partial charge in [0.25, 0.3) is 10.0 Å². The molecule has 6 nitrogen and oxygen atoms in total. The van der Waals surface area contributed by atoms with Crippen LogP contribution in [0, 0.1) is 0 Å². The summed E-state index contributed by atoms with van der Waals surface area (Å²) in [6.45, 7) is 1.50. The molecule has 1 saturated heterocycles. The number of hydrogen-bond acceptors (Lipinski definition) is 5. The summed E-state index contributed by atoms with van der Waals surface area (Å²) in [4.78, 5) is 0.248. The van der Waals surface area contributed by atoms with Crippen molar-refractivity contribution in [3.63, 3.8) is 0 Å². The van der Waals surface area contributed by atoms with E-state index in [-0.39, 0.29) is 11.0 Å². The van der Waals surface area contributed by atoms with E-state index in [2.05, 4.69) is 5.32 Å². The summed E-state index contributed by atoms with van der Waals surface area (Å²) in [5.74, 6) is 0. The SMILES string of the molecule is CN(c1ccc(NCC2CCCCO2)c(N)c1)S(=O)(=O)c1ccccc1. The van der Waals surface area contributed by atoms with Gasteiger partial charge in [-0.15, -0.1) is 0 Å². The van der Waals surface area contributed by atoms with Crippen LogP contribution in [0.15, 0.2) is 53.4 Å². The minimum Gasteiger partial charge on any atom is -0.397 e. The molecule has 1 unspecified atom stereocenters. The quantitative estimate of drug-likeness (QED) is 0.758. The molecular weight excluding hydrogens is 350 g/mol. The van der Waals surface area contributed by atoms with Gasteiger partial charge in [-0.2, -0.15) is 0 Å². The van der Waals surface area contributed by atoms with Crippen LogP contribution in [0.4, 0.5) is 17.1 Å². The van der Waals surface area contributed by atoms with Crippen LogP contribution in [0.2, 0.25) is 0 Å². The van der Waals surface area contributed by atoms with Gasteiger partial charge in [-0.25, -0.2) is 8.42 Å². The highest BCUT2D eigenvalue weighted by molar-refractivity contribution is 7.92. The van der Waals surface area contributed by atoms with Crippen LogP contribution < -0.4 is 15.4 Å². The van der Waals surface area contributed by atoms with Crippen LogP contribution in [0.3, 0.4) is 0 Å². The number of sulfonamides is 1. The Bertz CT molecular complexity index is 834. The molecule has 3 N–H and O–H groups in total. The standard InChI is InChI=1S/C19H25N3O3S/c1-22(26(23,24)17-8-3-2-4-9-17)15-10-11-19(18(20)13-15)21-14-16-7-5-6-12-25-16/h2-4,8-11,13,16,21H,5-7,12,14,20H2,1H3. The zero-order valence-electron chi connectivity index (χ0n) is 14.9. The van der Waals surface area contributed by atoms with Gasteiger partial charge >= 0.3 is 0 Å². The molecule has 1 fully saturated rings. The normalized spacial score (nSPS) is 17.7. The molecule has 1 atom stereocenters. The highest BCUT2D eigenvalue weighted by Gasteiger charge is 2.21. The van der Waals surface area contributed by atoms with Crippen LogP contribution in [-0.2, 0) is 14.8 Å². The van der Waals surface area contributed by atoms with Gasteiger partial charge in [0.05, 0.1) is 28.1 Å². The van der Waals surface area contributed by atoms with E-state index in [1.165, 1.54) is 17.8 Å². The molecule has 26 heavy (non-hydrogen) atoms. The number of anilines is 3. The van der Waals surface area contributed by atoms with E-state index in [9.17, 15) is 8.42 Å². The minimum absolute atomic E-state index is 0.198. The van der Waals surface area contributed by atoms with E-state index in [0.29, 0.717) is 17.9 Å². The fourth-order valence-corrected chi connectivity index (χ4v) is 4.20. The number of nitrogen functional groups attached to an aromatic ring is 1. The lowest BCUT2D eigenvalue weighted by molar-refractivity contribution is 0.0248. The van der Waals surface area contributed by atoms with Gasteiger partial charge in [-0.1, -0.05) is 18.2 Å². The molecule has 0 aliphatic carbocycles. The van der Waals surface area contributed by atoms with E-state index in [0.717, 1.165) is 25.1 Å². The number of nitrogens with one attached hydrogen (secondary N) is 1. The van der Waals surface area contributed by atoms with E-state index < -0.39 is 10.0 Å². The monoisotopic (exact) mass is 375 g/mol. The van der Waals surface area contributed by atoms with E-state index in [1.54, 1.807) is 42.5 Å². The van der Waals surface area contributed by atoms with Gasteiger partial charge in [0.2, 0.25) is 0 Å². The summed E-state index contributed by atoms with van der Waals surface area (Å²) >= 11 is 0. The van der Waals surface area contributed by atoms with Crippen LogP contribution in [-0.4, -0.2) is 34.7 Å². The first-order chi connectivity index (χ1) is 12.5. The molecule has 3 rings (SSSR count). The third-order valence-electron chi connectivity index (χ3n) is 4.59. The van der Waals surface area contributed by atoms with Crippen molar-refractivity contribution in [2.24, 2.45) is 0 Å². The smallest absolute Gasteiger partial charge is 0.264 e. The van der Waals surface area contributed by atoms with E-state index in [1.807, 2.05) is 6.07 Å². The molecule has 0 saturated carbocycles. The summed E-state index contributed by atoms with van der Waals surface area (Å²) in [5.41, 5.74) is 7.94. The molecule has 0 bridgehead atoms. The number of benzene rings is 2. The lowest BCUT2D eigenvalue weighted by Crippen LogP contribution is -2.28. The second-order valence-corrected chi connectivity index (χ2v) is 8.40. The fourth-order valence-electron chi connectivity index (χ4n) is 2.99. The Morgan fingerprint density at radius 3 is 2.62 bits per heavy atom. The van der Waals surface area contributed by atoms with Crippen LogP contribution in [0.5, 0.6) is 0 Å². The summed E-state index contributed by atoms with van der Waals surface area (Å²) < 4.78 is 32.4. The van der Waals surface area contributed by atoms with Gasteiger partial charge in [0.1, 0.15) is 0 Å². The average Bonchev–Trinajstić information content (AvgIpc) is 2.68. The predicted octanol–water partition coefficient (Wildman–Crippen LogP) is 3.07. The minimum atomic E-state index is -3.61. The van der Waals surface area contributed by atoms with Crippen LogP contribution >= 0.6 is 0 Å². The Morgan fingerprint density at radius 1 is 1.19 bits per heavy atom. The topological polar surface area (TPSA) is 84.7 Å². The fraction of sp³-hybridized carbons (Fsp3) is 0.368. The maximum Gasteiger partial charge on any atom is 0.264 e. The molecule has 7 heteroatoms. The number of hydrogen-bond donors (Lipinski definition) is 2. The third kappa shape index (κ3) is 4.11. The van der Waals surface area contributed by atoms with Crippen molar-refractivity contribution < 1.29 is 13.2 Å². The highest BCUT2D eigenvalue weighted by Crippen LogP contribution is 2.28. The van der Waals surface area contributed by atoms with E-state index >= 15 is 0 Å². The number of rotatable bonds is 6. The number of nitrogens with two attached hydrogens (primary N) is 1. The molecule has 2 aromatic rings. The van der Waals surface area contributed by atoms with Gasteiger partial charge in [0, 0.05) is 20.2 Å². The average molecular weight is 375 g/mol. The molecule has 0 radical (unpaired) electrons. The maximum atomic E-state index is 12.7. The van der Waals surface area contributed by atoms with Crippen molar-refractivity contribution >= 4 is 27.1 Å². The Kier molecular flexibility index (Phi) is 5.68. The largest absolute Gasteiger partial charge is 0.397 e. The van der Waals surface area contributed by atoms with Crippen molar-refractivity contribution in [2.75, 3.05) is 35.6 Å². The number of nitrogens with zero attached hydrogens (tertiary/aromatic N) is 1. The van der Waals surface area contributed by atoms with Crippen molar-refractivity contribution in [3.05, 3.63) is 48.5 Å².